The molecule has 518 valence electrons. The molecule has 0 unspecified atom stereocenters. The third-order valence-corrected chi connectivity index (χ3v) is 24.8. The zero-order valence-corrected chi connectivity index (χ0v) is 66.0. The number of rotatable bonds is 8. The maximum absolute atomic E-state index is 2.79. The van der Waals surface area contributed by atoms with Crippen molar-refractivity contribution in [3.8, 4) is 0 Å². The molecule has 0 atom stereocenters. The Hall–Kier alpha value is -7.76. The lowest BCUT2D eigenvalue weighted by Gasteiger charge is -2.48. The van der Waals surface area contributed by atoms with Crippen LogP contribution < -0.4 is 36.0 Å². The molecule has 100 heavy (non-hydrogen) atoms. The van der Waals surface area contributed by atoms with Gasteiger partial charge in [0.1, 0.15) is 0 Å². The number of nitrogens with zero attached hydrogens (tertiary/aromatic N) is 4. The van der Waals surface area contributed by atoms with Crippen LogP contribution in [0.1, 0.15) is 265 Å². The van der Waals surface area contributed by atoms with Gasteiger partial charge < -0.3 is 19.6 Å². The van der Waals surface area contributed by atoms with Gasteiger partial charge in [-0.3, -0.25) is 0 Å². The molecule has 0 fully saturated rings. The normalized spacial score (nSPS) is 18.1. The molecule has 2 heterocycles. The van der Waals surface area contributed by atoms with E-state index in [0.717, 1.165) is 66.2 Å². The first kappa shape index (κ1) is 69.3. The minimum Gasteiger partial charge on any atom is -0.311 e. The summed E-state index contributed by atoms with van der Waals surface area (Å²) >= 11 is 0. The molecule has 0 saturated heterocycles. The first-order chi connectivity index (χ1) is 46.4. The zero-order chi connectivity index (χ0) is 72.1. The molecule has 2 aliphatic heterocycles. The van der Waals surface area contributed by atoms with Crippen LogP contribution in [0.2, 0.25) is 0 Å². The monoisotopic (exact) mass is 1320 g/mol. The molecule has 4 nitrogen and oxygen atoms in total. The summed E-state index contributed by atoms with van der Waals surface area (Å²) in [4.78, 5) is 10.7. The quantitative estimate of drug-likeness (QED) is 0.141. The van der Waals surface area contributed by atoms with E-state index in [1.165, 1.54) is 117 Å². The van der Waals surface area contributed by atoms with E-state index >= 15 is 0 Å². The molecule has 9 aromatic carbocycles. The molecule has 0 amide bonds. The van der Waals surface area contributed by atoms with Gasteiger partial charge in [0.25, 0.3) is 6.71 Å². The first-order valence-electron chi connectivity index (χ1n) is 37.8. The van der Waals surface area contributed by atoms with E-state index in [-0.39, 0.29) is 60.9 Å². The molecule has 0 saturated carbocycles. The number of benzene rings is 9. The third kappa shape index (κ3) is 11.6. The van der Waals surface area contributed by atoms with Crippen molar-refractivity contribution in [1.82, 2.24) is 0 Å². The van der Waals surface area contributed by atoms with E-state index < -0.39 is 0 Å². The number of aryl methyl sites for hydroxylation is 2. The predicted octanol–water partition coefficient (Wildman–Crippen LogP) is 25.2. The molecular weight excluding hydrogens is 1210 g/mol. The number of anilines is 12. The summed E-state index contributed by atoms with van der Waals surface area (Å²) in [5, 5.41) is 0. The van der Waals surface area contributed by atoms with E-state index in [1.54, 1.807) is 0 Å². The predicted molar refractivity (Wildman–Crippen MR) is 435 cm³/mol. The van der Waals surface area contributed by atoms with Crippen LogP contribution in [-0.4, -0.2) is 6.71 Å². The van der Waals surface area contributed by atoms with Crippen LogP contribution in [-0.2, 0) is 54.1 Å². The Kier molecular flexibility index (Phi) is 15.9. The Morgan fingerprint density at radius 2 is 0.550 bits per heavy atom. The van der Waals surface area contributed by atoms with Gasteiger partial charge in [0.2, 0.25) is 0 Å². The largest absolute Gasteiger partial charge is 0.311 e. The van der Waals surface area contributed by atoms with Crippen molar-refractivity contribution >= 4 is 91.3 Å². The highest BCUT2D eigenvalue weighted by Gasteiger charge is 2.50. The second kappa shape index (κ2) is 22.9. The minimum absolute atomic E-state index is 0.00416. The van der Waals surface area contributed by atoms with Gasteiger partial charge in [0.05, 0.1) is 5.69 Å². The molecule has 0 spiro atoms. The second-order valence-electron chi connectivity index (χ2n) is 39.4. The molecule has 3 aliphatic carbocycles. The Labute approximate surface area is 604 Å². The van der Waals surface area contributed by atoms with Gasteiger partial charge >= 0.3 is 0 Å². The van der Waals surface area contributed by atoms with Crippen molar-refractivity contribution in [3.05, 3.63) is 231 Å². The fraction of sp³-hybridized carbons (Fsp3) is 0.432. The Balaban J connectivity index is 1.16. The van der Waals surface area contributed by atoms with Crippen LogP contribution in [0, 0.1) is 13.8 Å². The summed E-state index contributed by atoms with van der Waals surface area (Å²) in [6.07, 6.45) is 5.62. The summed E-state index contributed by atoms with van der Waals surface area (Å²) in [6.45, 7) is 62.6. The number of fused-ring (bicyclic) bond motifs is 7. The van der Waals surface area contributed by atoms with E-state index in [0.29, 0.717) is 0 Å². The summed E-state index contributed by atoms with van der Waals surface area (Å²) < 4.78 is 0. The van der Waals surface area contributed by atoms with Crippen molar-refractivity contribution in [2.75, 3.05) is 19.6 Å². The van der Waals surface area contributed by atoms with E-state index in [1.807, 2.05) is 0 Å². The molecule has 14 rings (SSSR count). The molecule has 5 heteroatoms. The maximum Gasteiger partial charge on any atom is 0.252 e. The molecule has 0 bridgehead atoms. The van der Waals surface area contributed by atoms with Gasteiger partial charge in [-0.05, 0) is 274 Å². The molecule has 5 aliphatic rings. The van der Waals surface area contributed by atoms with Crippen LogP contribution in [0.3, 0.4) is 0 Å². The summed E-state index contributed by atoms with van der Waals surface area (Å²) in [6, 6.07) is 66.7. The van der Waals surface area contributed by atoms with E-state index in [9.17, 15) is 0 Å². The lowest BCUT2D eigenvalue weighted by molar-refractivity contribution is 0.332. The lowest BCUT2D eigenvalue weighted by Crippen LogP contribution is -2.62. The smallest absolute Gasteiger partial charge is 0.252 e. The summed E-state index contributed by atoms with van der Waals surface area (Å²) in [7, 11) is 0. The minimum atomic E-state index is -0.133. The van der Waals surface area contributed by atoms with Crippen molar-refractivity contribution in [3.63, 3.8) is 0 Å². The highest BCUT2D eigenvalue weighted by molar-refractivity contribution is 7.00. The SMILES string of the molecule is Cc1cc2c(cc1N1c3cc(N(c4ccc(C(C)(C)C)cc4)c4ccc(C(C)(C)C)cc4)ccc3B3c4cc5c(cc4N(c4cc6c(cc4C)C(C)(C)CC6(C)C)c4cc(N(c6ccc(C(C)(C)C)cc6)c6ccc(C(C)(C)C)cc6)cc1c43)C(C)(C)CCC5(C)C)C(C)(C)CCC2(C)C. The molecule has 0 N–H and O–H groups in total. The van der Waals surface area contributed by atoms with Gasteiger partial charge in [0.15, 0.2) is 0 Å². The Morgan fingerprint density at radius 3 is 0.900 bits per heavy atom. The average Bonchev–Trinajstić information content (AvgIpc) is 0.705. The van der Waals surface area contributed by atoms with Crippen LogP contribution >= 0.6 is 0 Å². The van der Waals surface area contributed by atoms with Crippen LogP contribution in [0.4, 0.5) is 68.2 Å². The van der Waals surface area contributed by atoms with Gasteiger partial charge in [-0.25, -0.2) is 0 Å². The van der Waals surface area contributed by atoms with E-state index in [2.05, 4.69) is 363 Å². The fourth-order valence-electron chi connectivity index (χ4n) is 18.5. The lowest BCUT2D eigenvalue weighted by atomic mass is 9.33. The van der Waals surface area contributed by atoms with Gasteiger partial charge in [0, 0.05) is 62.6 Å². The fourth-order valence-corrected chi connectivity index (χ4v) is 18.5. The highest BCUT2D eigenvalue weighted by Crippen LogP contribution is 2.58. The molecule has 0 radical (unpaired) electrons. The van der Waals surface area contributed by atoms with Crippen molar-refractivity contribution in [1.29, 1.82) is 0 Å². The molecular formula is C95H115BN4. The van der Waals surface area contributed by atoms with Crippen molar-refractivity contribution in [2.45, 2.75) is 266 Å². The number of hydrogen-bond acceptors (Lipinski definition) is 4. The van der Waals surface area contributed by atoms with Gasteiger partial charge in [-0.15, -0.1) is 0 Å². The van der Waals surface area contributed by atoms with Crippen LogP contribution in [0.15, 0.2) is 164 Å². The van der Waals surface area contributed by atoms with E-state index in [4.69, 9.17) is 0 Å². The topological polar surface area (TPSA) is 13.0 Å². The summed E-state index contributed by atoms with van der Waals surface area (Å²) in [5.74, 6) is 0. The van der Waals surface area contributed by atoms with Crippen molar-refractivity contribution in [2.24, 2.45) is 0 Å². The Bertz CT molecular complexity index is 4620. The standard InChI is InChI=1S/C95H115BN4/c1-59-49-71-74(92(19,20)47-45-90(71,15)16)55-79(59)99-81-51-69(97(65-35-27-61(28-36-65)86(3,4)5)66-37-29-62(30-38-66)87(6,7)8)43-44-77(81)96-78-54-73-75(93(21,22)48-46-91(73,17)18)57-82(78)100(80-56-76-72(50-60(80)2)94(23,24)58-95(76,25)26)84-53-70(52-83(99)85(84)96)98(67-39-31-63(32-40-67)88(9,10)11)68-41-33-64(34-42-68)89(12,13)14/h27-44,49-57H,45-48,58H2,1-26H3. The van der Waals surface area contributed by atoms with Gasteiger partial charge in [-0.1, -0.05) is 239 Å². The number of hydrogen-bond donors (Lipinski definition) is 0. The molecule has 0 aromatic heterocycles. The maximum atomic E-state index is 2.79. The van der Waals surface area contributed by atoms with Crippen LogP contribution in [0.25, 0.3) is 0 Å². The molecule has 9 aromatic rings. The summed E-state index contributed by atoms with van der Waals surface area (Å²) in [5.41, 5.74) is 34.8. The zero-order valence-electron chi connectivity index (χ0n) is 66.0. The third-order valence-electron chi connectivity index (χ3n) is 24.8. The van der Waals surface area contributed by atoms with Crippen LogP contribution in [0.5, 0.6) is 0 Å². The second-order valence-corrected chi connectivity index (χ2v) is 39.4. The average molecular weight is 1320 g/mol. The Morgan fingerprint density at radius 1 is 0.280 bits per heavy atom. The van der Waals surface area contributed by atoms with Crippen molar-refractivity contribution < 1.29 is 0 Å². The highest BCUT2D eigenvalue weighted by atomic mass is 15.2. The van der Waals surface area contributed by atoms with Gasteiger partial charge in [-0.2, -0.15) is 0 Å². The first-order valence-corrected chi connectivity index (χ1v) is 37.8.